The molecule has 0 aromatic heterocycles. The molecule has 3 rings (SSSR count). The fraction of sp³-hybridized carbons (Fsp3) is 0.429. The first-order chi connectivity index (χ1) is 10.4. The predicted octanol–water partition coefficient (Wildman–Crippen LogP) is 1.08. The van der Waals surface area contributed by atoms with Crippen LogP contribution in [0.4, 0.5) is 16.2 Å². The summed E-state index contributed by atoms with van der Waals surface area (Å²) in [6.07, 6.45) is 1.19. The number of anilines is 1. The van der Waals surface area contributed by atoms with Crippen molar-refractivity contribution < 1.29 is 14.5 Å². The van der Waals surface area contributed by atoms with E-state index in [9.17, 15) is 19.7 Å². The van der Waals surface area contributed by atoms with Gasteiger partial charge in [-0.2, -0.15) is 0 Å². The molecule has 22 heavy (non-hydrogen) atoms. The van der Waals surface area contributed by atoms with Crippen LogP contribution >= 0.6 is 0 Å². The van der Waals surface area contributed by atoms with Gasteiger partial charge in [0.05, 0.1) is 11.5 Å². The van der Waals surface area contributed by atoms with Gasteiger partial charge in [0.2, 0.25) is 0 Å². The average molecular weight is 304 g/mol. The Kier molecular flexibility index (Phi) is 3.23. The van der Waals surface area contributed by atoms with E-state index in [1.807, 2.05) is 0 Å². The Morgan fingerprint density at radius 1 is 1.36 bits per heavy atom. The van der Waals surface area contributed by atoms with E-state index < -0.39 is 16.5 Å². The van der Waals surface area contributed by atoms with Gasteiger partial charge in [0.1, 0.15) is 11.2 Å². The Hall–Kier alpha value is -2.64. The number of urea groups is 1. The van der Waals surface area contributed by atoms with Gasteiger partial charge >= 0.3 is 6.03 Å². The van der Waals surface area contributed by atoms with Crippen molar-refractivity contribution in [3.63, 3.8) is 0 Å². The Bertz CT molecular complexity index is 675. The van der Waals surface area contributed by atoms with Crippen LogP contribution in [-0.4, -0.2) is 35.5 Å². The van der Waals surface area contributed by atoms with Gasteiger partial charge in [0.15, 0.2) is 0 Å². The third-order valence-electron chi connectivity index (χ3n) is 4.18. The van der Waals surface area contributed by atoms with Crippen LogP contribution in [0.25, 0.3) is 0 Å². The Balaban J connectivity index is 1.95. The fourth-order valence-electron chi connectivity index (χ4n) is 3.12. The molecule has 3 amide bonds. The molecule has 2 saturated heterocycles. The maximum atomic E-state index is 12.1. The molecule has 2 heterocycles. The summed E-state index contributed by atoms with van der Waals surface area (Å²) < 4.78 is 0. The molecular weight excluding hydrogens is 288 g/mol. The van der Waals surface area contributed by atoms with Gasteiger partial charge in [-0.25, -0.2) is 4.79 Å². The number of hydrogen-bond acceptors (Lipinski definition) is 5. The van der Waals surface area contributed by atoms with Gasteiger partial charge < -0.3 is 10.2 Å². The summed E-state index contributed by atoms with van der Waals surface area (Å²) in [5.74, 6) is -0.364. The Morgan fingerprint density at radius 2 is 2.14 bits per heavy atom. The van der Waals surface area contributed by atoms with Crippen molar-refractivity contribution in [1.29, 1.82) is 0 Å². The normalized spacial score (nSPS) is 24.3. The number of hydrogen-bond donors (Lipinski definition) is 2. The zero-order valence-corrected chi connectivity index (χ0v) is 12.1. The van der Waals surface area contributed by atoms with Crippen LogP contribution in [0.2, 0.25) is 0 Å². The second kappa shape index (κ2) is 4.97. The van der Waals surface area contributed by atoms with Crippen molar-refractivity contribution in [2.24, 2.45) is 0 Å². The number of nitro groups is 1. The number of benzene rings is 1. The van der Waals surface area contributed by atoms with E-state index in [0.717, 1.165) is 5.56 Å². The molecule has 1 atom stereocenters. The molecule has 0 radical (unpaired) electrons. The lowest BCUT2D eigenvalue weighted by Gasteiger charge is -2.39. The smallest absolute Gasteiger partial charge is 0.322 e. The maximum Gasteiger partial charge on any atom is 0.322 e. The SMILES string of the molecule is Cc1ccc(N2CCCC3(C2)NC(=O)NC3=O)c([N+](=O)[O-])c1. The van der Waals surface area contributed by atoms with Crippen molar-refractivity contribution >= 4 is 23.3 Å². The molecule has 0 bridgehead atoms. The van der Waals surface area contributed by atoms with Crippen LogP contribution in [-0.2, 0) is 4.79 Å². The molecule has 1 aromatic rings. The number of carbonyl (C=O) groups is 2. The Labute approximate surface area is 126 Å². The number of piperidine rings is 1. The molecular formula is C14H16N4O4. The summed E-state index contributed by atoms with van der Waals surface area (Å²) in [4.78, 5) is 36.1. The molecule has 2 aliphatic rings. The highest BCUT2D eigenvalue weighted by atomic mass is 16.6. The molecule has 8 nitrogen and oxygen atoms in total. The lowest BCUT2D eigenvalue weighted by molar-refractivity contribution is -0.384. The second-order valence-corrected chi connectivity index (χ2v) is 5.76. The van der Waals surface area contributed by atoms with E-state index in [-0.39, 0.29) is 18.1 Å². The van der Waals surface area contributed by atoms with Crippen LogP contribution in [0.5, 0.6) is 0 Å². The summed E-state index contributed by atoms with van der Waals surface area (Å²) in [5, 5.41) is 16.2. The third kappa shape index (κ3) is 2.26. The highest BCUT2D eigenvalue weighted by Gasteiger charge is 2.49. The minimum absolute atomic E-state index is 0.0155. The minimum atomic E-state index is -0.992. The first kappa shape index (κ1) is 14.3. The zero-order valence-electron chi connectivity index (χ0n) is 12.1. The monoisotopic (exact) mass is 304 g/mol. The van der Waals surface area contributed by atoms with Crippen molar-refractivity contribution in [3.8, 4) is 0 Å². The average Bonchev–Trinajstić information content (AvgIpc) is 2.72. The van der Waals surface area contributed by atoms with Crippen molar-refractivity contribution in [3.05, 3.63) is 33.9 Å². The summed E-state index contributed by atoms with van der Waals surface area (Å²) in [6, 6.07) is 4.51. The summed E-state index contributed by atoms with van der Waals surface area (Å²) in [6.45, 7) is 2.63. The summed E-state index contributed by atoms with van der Waals surface area (Å²) >= 11 is 0. The number of nitrogens with one attached hydrogen (secondary N) is 2. The molecule has 1 unspecified atom stereocenters. The van der Waals surface area contributed by atoms with E-state index in [1.54, 1.807) is 24.0 Å². The van der Waals surface area contributed by atoms with Crippen molar-refractivity contribution in [2.45, 2.75) is 25.3 Å². The lowest BCUT2D eigenvalue weighted by Crippen LogP contribution is -2.58. The highest BCUT2D eigenvalue weighted by molar-refractivity contribution is 6.07. The fourth-order valence-corrected chi connectivity index (χ4v) is 3.12. The third-order valence-corrected chi connectivity index (χ3v) is 4.18. The molecule has 8 heteroatoms. The largest absolute Gasteiger partial charge is 0.363 e. The first-order valence-electron chi connectivity index (χ1n) is 7.05. The molecule has 116 valence electrons. The maximum absolute atomic E-state index is 12.1. The molecule has 1 aromatic carbocycles. The summed E-state index contributed by atoms with van der Waals surface area (Å²) in [5.41, 5.74) is 0.299. The topological polar surface area (TPSA) is 105 Å². The van der Waals surface area contributed by atoms with E-state index in [0.29, 0.717) is 25.1 Å². The van der Waals surface area contributed by atoms with Crippen LogP contribution in [0.3, 0.4) is 0 Å². The number of imide groups is 1. The minimum Gasteiger partial charge on any atom is -0.363 e. The van der Waals surface area contributed by atoms with Crippen LogP contribution < -0.4 is 15.5 Å². The molecule has 1 spiro atoms. The van der Waals surface area contributed by atoms with Gasteiger partial charge in [-0.1, -0.05) is 6.07 Å². The quantitative estimate of drug-likeness (QED) is 0.483. The molecule has 0 aliphatic carbocycles. The summed E-state index contributed by atoms with van der Waals surface area (Å²) in [7, 11) is 0. The van der Waals surface area contributed by atoms with Gasteiger partial charge in [-0.15, -0.1) is 0 Å². The van der Waals surface area contributed by atoms with Gasteiger partial charge in [-0.05, 0) is 31.4 Å². The van der Waals surface area contributed by atoms with Crippen molar-refractivity contribution in [2.75, 3.05) is 18.0 Å². The molecule has 2 fully saturated rings. The van der Waals surface area contributed by atoms with Crippen LogP contribution in [0.1, 0.15) is 18.4 Å². The van der Waals surface area contributed by atoms with Gasteiger partial charge in [-0.3, -0.25) is 20.2 Å². The zero-order chi connectivity index (χ0) is 15.9. The predicted molar refractivity (Wildman–Crippen MR) is 78.7 cm³/mol. The van der Waals surface area contributed by atoms with Gasteiger partial charge in [0.25, 0.3) is 11.6 Å². The number of nitro benzene ring substituents is 1. The Morgan fingerprint density at radius 3 is 2.77 bits per heavy atom. The number of aryl methyl sites for hydroxylation is 1. The number of amides is 3. The number of carbonyl (C=O) groups excluding carboxylic acids is 2. The lowest BCUT2D eigenvalue weighted by atomic mass is 9.88. The van der Waals surface area contributed by atoms with Crippen LogP contribution in [0, 0.1) is 17.0 Å². The first-order valence-corrected chi connectivity index (χ1v) is 7.05. The molecule has 0 saturated carbocycles. The molecule has 2 aliphatic heterocycles. The molecule has 2 N–H and O–H groups in total. The van der Waals surface area contributed by atoms with E-state index in [1.165, 1.54) is 6.07 Å². The number of rotatable bonds is 2. The van der Waals surface area contributed by atoms with E-state index >= 15 is 0 Å². The highest BCUT2D eigenvalue weighted by Crippen LogP contribution is 2.34. The standard InChI is InChI=1S/C14H16N4O4/c1-9-3-4-10(11(7-9)18(21)22)17-6-2-5-14(8-17)12(19)15-13(20)16-14/h3-4,7H,2,5-6,8H2,1H3,(H2,15,16,19,20). The van der Waals surface area contributed by atoms with E-state index in [4.69, 9.17) is 0 Å². The second-order valence-electron chi connectivity index (χ2n) is 5.76. The van der Waals surface area contributed by atoms with E-state index in [2.05, 4.69) is 10.6 Å². The van der Waals surface area contributed by atoms with Gasteiger partial charge in [0, 0.05) is 12.6 Å². The van der Waals surface area contributed by atoms with Crippen LogP contribution in [0.15, 0.2) is 18.2 Å². The number of nitrogens with zero attached hydrogens (tertiary/aromatic N) is 2. The van der Waals surface area contributed by atoms with Crippen molar-refractivity contribution in [1.82, 2.24) is 10.6 Å².